The number of benzene rings is 7. The van der Waals surface area contributed by atoms with Crippen LogP contribution in [0, 0.1) is 0 Å². The van der Waals surface area contributed by atoms with Crippen LogP contribution in [0.4, 0.5) is 17.1 Å². The maximum atomic E-state index is 7.06. The van der Waals surface area contributed by atoms with Crippen LogP contribution in [0.25, 0.3) is 50.6 Å². The Balaban J connectivity index is 1.08. The Kier molecular flexibility index (Phi) is 8.36. The molecule has 0 unspecified atom stereocenters. The third kappa shape index (κ3) is 6.09. The Bertz CT molecular complexity index is 2920. The molecule has 0 saturated heterocycles. The fourth-order valence-electron chi connectivity index (χ4n) is 8.59. The monoisotopic (exact) mass is 746 g/mol. The minimum Gasteiger partial charge on any atom is -0.456 e. The van der Waals surface area contributed by atoms with Crippen molar-refractivity contribution in [1.29, 1.82) is 0 Å². The highest BCUT2D eigenvalue weighted by atomic mass is 16.5. The molecule has 0 radical (unpaired) electrons. The van der Waals surface area contributed by atoms with Gasteiger partial charge in [-0.1, -0.05) is 133 Å². The summed E-state index contributed by atoms with van der Waals surface area (Å²) in [6.45, 7) is 0. The molecular weight excluding hydrogens is 709 g/mol. The number of hydrogen-bond donors (Lipinski definition) is 0. The van der Waals surface area contributed by atoms with Gasteiger partial charge in [0, 0.05) is 57.7 Å². The van der Waals surface area contributed by atoms with E-state index in [4.69, 9.17) is 19.7 Å². The van der Waals surface area contributed by atoms with E-state index in [1.165, 1.54) is 28.1 Å². The molecule has 1 aromatic heterocycles. The van der Waals surface area contributed by atoms with Crippen molar-refractivity contribution in [3.63, 3.8) is 0 Å². The van der Waals surface area contributed by atoms with Crippen molar-refractivity contribution in [2.24, 2.45) is 0 Å². The molecule has 0 fully saturated rings. The summed E-state index contributed by atoms with van der Waals surface area (Å²) in [7, 11) is 0. The van der Waals surface area contributed by atoms with Crippen LogP contribution < -0.4 is 9.64 Å². The van der Waals surface area contributed by atoms with E-state index in [1.54, 1.807) is 0 Å². The minimum atomic E-state index is 0.637. The summed E-state index contributed by atoms with van der Waals surface area (Å²) in [6, 6.07) is 57.9. The van der Waals surface area contributed by atoms with Gasteiger partial charge in [-0.15, -0.1) is 0 Å². The second-order valence-corrected chi connectivity index (χ2v) is 15.1. The van der Waals surface area contributed by atoms with Gasteiger partial charge in [0.2, 0.25) is 0 Å². The van der Waals surface area contributed by atoms with E-state index in [0.29, 0.717) is 23.9 Å². The first kappa shape index (κ1) is 33.9. The highest BCUT2D eigenvalue weighted by Gasteiger charge is 2.29. The molecular formula is C53H38N4O. The van der Waals surface area contributed by atoms with Crippen LogP contribution >= 0.6 is 0 Å². The highest BCUT2D eigenvalue weighted by molar-refractivity contribution is 5.88. The zero-order chi connectivity index (χ0) is 38.4. The molecule has 0 saturated carbocycles. The molecule has 276 valence electrons. The summed E-state index contributed by atoms with van der Waals surface area (Å²) in [4.78, 5) is 17.8. The molecule has 3 heterocycles. The molecule has 8 aromatic rings. The van der Waals surface area contributed by atoms with E-state index >= 15 is 0 Å². The van der Waals surface area contributed by atoms with Crippen molar-refractivity contribution in [3.05, 3.63) is 210 Å². The van der Waals surface area contributed by atoms with Crippen LogP contribution in [0.15, 0.2) is 182 Å². The van der Waals surface area contributed by atoms with Crippen molar-refractivity contribution in [3.8, 4) is 56.5 Å². The highest BCUT2D eigenvalue weighted by Crippen LogP contribution is 2.50. The zero-order valence-electron chi connectivity index (χ0n) is 31.8. The first-order valence-corrected chi connectivity index (χ1v) is 20.0. The first-order chi connectivity index (χ1) is 28.7. The molecule has 0 bridgehead atoms. The van der Waals surface area contributed by atoms with Gasteiger partial charge in [0.05, 0.1) is 0 Å². The lowest BCUT2D eigenvalue weighted by Gasteiger charge is -2.34. The largest absolute Gasteiger partial charge is 0.456 e. The second-order valence-electron chi connectivity index (χ2n) is 15.1. The second kappa shape index (κ2) is 14.3. The molecule has 5 nitrogen and oxygen atoms in total. The number of para-hydroxylation sites is 2. The molecule has 5 heteroatoms. The fraction of sp³-hybridized carbons (Fsp3) is 0.0755. The standard InChI is InChI=1S/C53H38N4O/c1-5-15-35(16-6-1)38-26-30-49-42(31-38)34-46-45(53-55-51(36-17-7-2-8-18-36)54-52(56-53)37-19-9-3-10-20-37)28-27-44(50(46)58-49)39-25-29-48-41(32-39)33-40-21-13-14-24-47(40)57(48)43-22-11-4-12-23-43/h1-2,4-9,11-32H,3,10,33-34H2. The van der Waals surface area contributed by atoms with E-state index in [2.05, 4.69) is 169 Å². The molecule has 7 aromatic carbocycles. The van der Waals surface area contributed by atoms with Gasteiger partial charge in [0.1, 0.15) is 11.5 Å². The predicted molar refractivity (Wildman–Crippen MR) is 235 cm³/mol. The molecule has 0 spiro atoms. The van der Waals surface area contributed by atoms with Gasteiger partial charge in [-0.05, 0) is 94.8 Å². The van der Waals surface area contributed by atoms with Crippen molar-refractivity contribution in [2.75, 3.05) is 4.90 Å². The summed E-state index contributed by atoms with van der Waals surface area (Å²) >= 11 is 0. The number of ether oxygens (including phenoxy) is 1. The lowest BCUT2D eigenvalue weighted by atomic mass is 9.88. The Morgan fingerprint density at radius 1 is 0.466 bits per heavy atom. The van der Waals surface area contributed by atoms with E-state index in [-0.39, 0.29) is 0 Å². The first-order valence-electron chi connectivity index (χ1n) is 20.0. The topological polar surface area (TPSA) is 51.1 Å². The van der Waals surface area contributed by atoms with Gasteiger partial charge in [0.25, 0.3) is 0 Å². The molecule has 0 atom stereocenters. The SMILES string of the molecule is C1=CC(c2nc(-c3ccccc3)nc(-c3ccc(-c4ccc5c(c4)Cc4ccccc4N5c4ccccc4)c4c3Cc3cc(-c5ccccc5)ccc3O4)n2)=CCC1. The molecule has 2 aliphatic heterocycles. The Labute approximate surface area is 338 Å². The number of allylic oxidation sites excluding steroid dienone is 4. The average Bonchev–Trinajstić information content (AvgIpc) is 3.30. The summed E-state index contributed by atoms with van der Waals surface area (Å²) in [5, 5.41) is 0. The number of nitrogens with zero attached hydrogens (tertiary/aromatic N) is 4. The number of aromatic nitrogens is 3. The van der Waals surface area contributed by atoms with E-state index < -0.39 is 0 Å². The number of hydrogen-bond acceptors (Lipinski definition) is 5. The van der Waals surface area contributed by atoms with Crippen LogP contribution in [0.3, 0.4) is 0 Å². The third-order valence-corrected chi connectivity index (χ3v) is 11.4. The molecule has 11 rings (SSSR count). The van der Waals surface area contributed by atoms with Crippen LogP contribution in [-0.4, -0.2) is 15.0 Å². The summed E-state index contributed by atoms with van der Waals surface area (Å²) in [5.74, 6) is 3.68. The predicted octanol–water partition coefficient (Wildman–Crippen LogP) is 13.3. The minimum absolute atomic E-state index is 0.637. The van der Waals surface area contributed by atoms with Crippen LogP contribution in [0.2, 0.25) is 0 Å². The maximum Gasteiger partial charge on any atom is 0.164 e. The normalized spacial score (nSPS) is 13.7. The number of rotatable bonds is 6. The van der Waals surface area contributed by atoms with Gasteiger partial charge in [-0.3, -0.25) is 0 Å². The summed E-state index contributed by atoms with van der Waals surface area (Å²) < 4.78 is 7.06. The Morgan fingerprint density at radius 2 is 1.14 bits per heavy atom. The van der Waals surface area contributed by atoms with Crippen molar-refractivity contribution >= 4 is 22.6 Å². The fourth-order valence-corrected chi connectivity index (χ4v) is 8.59. The molecule has 3 aliphatic rings. The van der Waals surface area contributed by atoms with Crippen molar-refractivity contribution in [1.82, 2.24) is 15.0 Å². The summed E-state index contributed by atoms with van der Waals surface area (Å²) in [6.07, 6.45) is 10.0. The number of fused-ring (bicyclic) bond motifs is 4. The van der Waals surface area contributed by atoms with Crippen LogP contribution in [-0.2, 0) is 12.8 Å². The third-order valence-electron chi connectivity index (χ3n) is 11.4. The Hall–Kier alpha value is -7.37. The Morgan fingerprint density at radius 3 is 1.95 bits per heavy atom. The molecule has 0 amide bonds. The van der Waals surface area contributed by atoms with Gasteiger partial charge in [-0.2, -0.15) is 0 Å². The van der Waals surface area contributed by atoms with E-state index in [9.17, 15) is 0 Å². The van der Waals surface area contributed by atoms with E-state index in [0.717, 1.165) is 81.0 Å². The van der Waals surface area contributed by atoms with Crippen molar-refractivity contribution < 1.29 is 4.74 Å². The average molecular weight is 747 g/mol. The lowest BCUT2D eigenvalue weighted by Crippen LogP contribution is -2.18. The summed E-state index contributed by atoms with van der Waals surface area (Å²) in [5.41, 5.74) is 15.7. The quantitative estimate of drug-likeness (QED) is 0.170. The van der Waals surface area contributed by atoms with Gasteiger partial charge < -0.3 is 9.64 Å². The number of anilines is 3. The lowest BCUT2D eigenvalue weighted by molar-refractivity contribution is 0.462. The van der Waals surface area contributed by atoms with Crippen molar-refractivity contribution in [2.45, 2.75) is 25.7 Å². The van der Waals surface area contributed by atoms with Gasteiger partial charge in [-0.25, -0.2) is 15.0 Å². The van der Waals surface area contributed by atoms with Gasteiger partial charge in [0.15, 0.2) is 17.5 Å². The molecule has 58 heavy (non-hydrogen) atoms. The smallest absolute Gasteiger partial charge is 0.164 e. The zero-order valence-corrected chi connectivity index (χ0v) is 31.8. The van der Waals surface area contributed by atoms with Crippen LogP contribution in [0.5, 0.6) is 11.5 Å². The molecule has 0 N–H and O–H groups in total. The van der Waals surface area contributed by atoms with Crippen LogP contribution in [0.1, 0.15) is 40.9 Å². The van der Waals surface area contributed by atoms with E-state index in [1.807, 2.05) is 18.2 Å². The van der Waals surface area contributed by atoms with Gasteiger partial charge >= 0.3 is 0 Å². The maximum absolute atomic E-state index is 7.06. The molecule has 1 aliphatic carbocycles.